The number of ketones is 1. The zero-order valence-electron chi connectivity index (χ0n) is 4.63. The second-order valence-electron chi connectivity index (χ2n) is 1.53. The zero-order chi connectivity index (χ0) is 6.69. The molecule has 0 aliphatic carbocycles. The molecule has 9 heavy (non-hydrogen) atoms. The van der Waals surface area contributed by atoms with E-state index in [1.807, 2.05) is 0 Å². The molecule has 0 atom stereocenters. The number of rotatable bonds is 2. The summed E-state index contributed by atoms with van der Waals surface area (Å²) in [5.74, 6) is -0.426. The van der Waals surface area contributed by atoms with Gasteiger partial charge in [0.15, 0.2) is 6.67 Å². The lowest BCUT2D eigenvalue weighted by Crippen LogP contribution is -1.96. The Hall–Kier alpha value is -0.700. The van der Waals surface area contributed by atoms with Crippen LogP contribution in [0.5, 0.6) is 0 Å². The van der Waals surface area contributed by atoms with E-state index >= 15 is 0 Å². The average molecular weight is 144 g/mol. The number of hydrogen-bond acceptors (Lipinski definition) is 2. The largest absolute Gasteiger partial charge is 0.290 e. The first kappa shape index (κ1) is 6.42. The topological polar surface area (TPSA) is 17.1 Å². The molecule has 1 aromatic heterocycles. The summed E-state index contributed by atoms with van der Waals surface area (Å²) in [7, 11) is 0. The van der Waals surface area contributed by atoms with Crippen LogP contribution < -0.4 is 0 Å². The lowest BCUT2D eigenvalue weighted by Gasteiger charge is -1.84. The van der Waals surface area contributed by atoms with E-state index in [0.717, 1.165) is 0 Å². The van der Waals surface area contributed by atoms with Crippen LogP contribution in [-0.2, 0) is 0 Å². The zero-order valence-corrected chi connectivity index (χ0v) is 5.45. The van der Waals surface area contributed by atoms with Crippen LogP contribution >= 0.6 is 11.3 Å². The molecule has 0 unspecified atom stereocenters. The first-order chi connectivity index (χ1) is 4.34. The van der Waals surface area contributed by atoms with Gasteiger partial charge in [-0.1, -0.05) is 6.07 Å². The van der Waals surface area contributed by atoms with Crippen molar-refractivity contribution in [1.82, 2.24) is 0 Å². The van der Waals surface area contributed by atoms with E-state index in [4.69, 9.17) is 0 Å². The summed E-state index contributed by atoms with van der Waals surface area (Å²) in [5.41, 5.74) is 0. The van der Waals surface area contributed by atoms with Crippen LogP contribution in [0.15, 0.2) is 17.5 Å². The van der Waals surface area contributed by atoms with E-state index in [9.17, 15) is 9.18 Å². The Morgan fingerprint density at radius 2 is 2.56 bits per heavy atom. The average Bonchev–Trinajstić information content (AvgIpc) is 2.37. The monoisotopic (exact) mass is 144 g/mol. The van der Waals surface area contributed by atoms with Gasteiger partial charge in [0.25, 0.3) is 0 Å². The first-order valence-electron chi connectivity index (χ1n) is 2.47. The van der Waals surface area contributed by atoms with Gasteiger partial charge in [-0.05, 0) is 11.4 Å². The molecule has 3 heteroatoms. The molecular weight excluding hydrogens is 139 g/mol. The van der Waals surface area contributed by atoms with Gasteiger partial charge < -0.3 is 0 Å². The van der Waals surface area contributed by atoms with E-state index in [0.29, 0.717) is 4.88 Å². The van der Waals surface area contributed by atoms with Crippen LogP contribution in [0.2, 0.25) is 0 Å². The maximum Gasteiger partial charge on any atom is 0.203 e. The number of hydrogen-bond donors (Lipinski definition) is 0. The smallest absolute Gasteiger partial charge is 0.203 e. The minimum atomic E-state index is -0.888. The maximum atomic E-state index is 11.6. The van der Waals surface area contributed by atoms with E-state index in [-0.39, 0.29) is 0 Å². The molecule has 1 aromatic rings. The Morgan fingerprint density at radius 1 is 1.78 bits per heavy atom. The van der Waals surface area contributed by atoms with Crippen molar-refractivity contribution in [2.45, 2.75) is 0 Å². The van der Waals surface area contributed by atoms with Crippen molar-refractivity contribution in [3.63, 3.8) is 0 Å². The summed E-state index contributed by atoms with van der Waals surface area (Å²) >= 11 is 1.27. The van der Waals surface area contributed by atoms with Gasteiger partial charge in [0.1, 0.15) is 0 Å². The van der Waals surface area contributed by atoms with Crippen molar-refractivity contribution in [2.75, 3.05) is 6.67 Å². The number of halogens is 1. The van der Waals surface area contributed by atoms with E-state index < -0.39 is 12.5 Å². The van der Waals surface area contributed by atoms with Crippen molar-refractivity contribution < 1.29 is 9.18 Å². The fourth-order valence-electron chi connectivity index (χ4n) is 0.503. The Kier molecular flexibility index (Phi) is 1.95. The molecular formula is C6H5FOS. The molecule has 1 heterocycles. The van der Waals surface area contributed by atoms with Crippen LogP contribution in [0, 0.1) is 0 Å². The van der Waals surface area contributed by atoms with Crippen LogP contribution in [0.4, 0.5) is 4.39 Å². The molecule has 0 amide bonds. The van der Waals surface area contributed by atoms with Gasteiger partial charge in [0.2, 0.25) is 5.78 Å². The first-order valence-corrected chi connectivity index (χ1v) is 3.35. The summed E-state index contributed by atoms with van der Waals surface area (Å²) in [6.07, 6.45) is 0. The van der Waals surface area contributed by atoms with E-state index in [1.165, 1.54) is 11.3 Å². The minimum Gasteiger partial charge on any atom is -0.290 e. The molecule has 0 aromatic carbocycles. The standard InChI is InChI=1S/C6H5FOS/c7-4-5(8)6-2-1-3-9-6/h1-3H,4H2. The Morgan fingerprint density at radius 3 is 3.00 bits per heavy atom. The minimum absolute atomic E-state index is 0.426. The van der Waals surface area contributed by atoms with Crippen LogP contribution in [0.25, 0.3) is 0 Å². The quantitative estimate of drug-likeness (QED) is 0.579. The highest BCUT2D eigenvalue weighted by molar-refractivity contribution is 7.12. The highest BCUT2D eigenvalue weighted by Crippen LogP contribution is 2.08. The van der Waals surface area contributed by atoms with Crippen molar-refractivity contribution >= 4 is 17.1 Å². The van der Waals surface area contributed by atoms with Gasteiger partial charge in [0, 0.05) is 0 Å². The molecule has 0 aliphatic rings. The number of thiophene rings is 1. The third-order valence-corrected chi connectivity index (χ3v) is 1.83. The van der Waals surface area contributed by atoms with Gasteiger partial charge >= 0.3 is 0 Å². The number of alkyl halides is 1. The number of carbonyl (C=O) groups is 1. The normalized spacial score (nSPS) is 9.44. The molecule has 48 valence electrons. The SMILES string of the molecule is O=C(CF)c1cccs1. The predicted octanol–water partition coefficient (Wildman–Crippen LogP) is 1.90. The highest BCUT2D eigenvalue weighted by atomic mass is 32.1. The third kappa shape index (κ3) is 1.36. The fourth-order valence-corrected chi connectivity index (χ4v) is 1.15. The lowest BCUT2D eigenvalue weighted by molar-refractivity contribution is 0.0962. The molecule has 0 spiro atoms. The van der Waals surface area contributed by atoms with Gasteiger partial charge in [-0.2, -0.15) is 0 Å². The second-order valence-corrected chi connectivity index (χ2v) is 2.48. The molecule has 0 aliphatic heterocycles. The summed E-state index contributed by atoms with van der Waals surface area (Å²) < 4.78 is 11.6. The van der Waals surface area contributed by atoms with Gasteiger partial charge in [-0.3, -0.25) is 4.79 Å². The maximum absolute atomic E-state index is 11.6. The van der Waals surface area contributed by atoms with Crippen molar-refractivity contribution in [3.8, 4) is 0 Å². The van der Waals surface area contributed by atoms with E-state index in [1.54, 1.807) is 17.5 Å². The Labute approximate surface area is 56.1 Å². The van der Waals surface area contributed by atoms with Crippen LogP contribution in [0.3, 0.4) is 0 Å². The van der Waals surface area contributed by atoms with E-state index in [2.05, 4.69) is 0 Å². The van der Waals surface area contributed by atoms with Gasteiger partial charge in [-0.25, -0.2) is 4.39 Å². The highest BCUT2D eigenvalue weighted by Gasteiger charge is 2.03. The number of carbonyl (C=O) groups excluding carboxylic acids is 1. The summed E-state index contributed by atoms with van der Waals surface area (Å²) in [6, 6.07) is 3.35. The number of Topliss-reactive ketones (excluding diaryl/α,β-unsaturated/α-hetero) is 1. The van der Waals surface area contributed by atoms with Crippen molar-refractivity contribution in [2.24, 2.45) is 0 Å². The summed E-state index contributed by atoms with van der Waals surface area (Å²) in [4.78, 5) is 11.0. The fraction of sp³-hybridized carbons (Fsp3) is 0.167. The summed E-state index contributed by atoms with van der Waals surface area (Å²) in [6.45, 7) is -0.888. The Balaban J connectivity index is 2.77. The lowest BCUT2D eigenvalue weighted by atomic mass is 10.3. The Bertz CT molecular complexity index is 193. The van der Waals surface area contributed by atoms with Crippen molar-refractivity contribution in [1.29, 1.82) is 0 Å². The van der Waals surface area contributed by atoms with Crippen LogP contribution in [-0.4, -0.2) is 12.5 Å². The third-order valence-electron chi connectivity index (χ3n) is 0.917. The molecule has 1 nitrogen and oxygen atoms in total. The molecule has 1 rings (SSSR count). The van der Waals surface area contributed by atoms with Crippen molar-refractivity contribution in [3.05, 3.63) is 22.4 Å². The second kappa shape index (κ2) is 2.73. The molecule has 0 saturated carbocycles. The van der Waals surface area contributed by atoms with Gasteiger partial charge in [0.05, 0.1) is 4.88 Å². The van der Waals surface area contributed by atoms with Crippen LogP contribution in [0.1, 0.15) is 9.67 Å². The molecule has 0 radical (unpaired) electrons. The summed E-state index contributed by atoms with van der Waals surface area (Å²) in [5, 5.41) is 1.75. The molecule has 0 fully saturated rings. The molecule has 0 saturated heterocycles. The van der Waals surface area contributed by atoms with Gasteiger partial charge in [-0.15, -0.1) is 11.3 Å². The molecule has 0 bridgehead atoms. The predicted molar refractivity (Wildman–Crippen MR) is 34.6 cm³/mol. The molecule has 0 N–H and O–H groups in total.